The van der Waals surface area contributed by atoms with Gasteiger partial charge in [0, 0.05) is 13.0 Å². The van der Waals surface area contributed by atoms with Gasteiger partial charge in [0.15, 0.2) is 0 Å². The van der Waals surface area contributed by atoms with Crippen LogP contribution in [0.1, 0.15) is 51.2 Å². The van der Waals surface area contributed by atoms with Crippen molar-refractivity contribution in [2.24, 2.45) is 5.73 Å². The Balaban J connectivity index is 1.52. The molecule has 1 aliphatic rings. The molecule has 4 N–H and O–H groups in total. The number of ether oxygens (including phenoxy) is 2. The Morgan fingerprint density at radius 3 is 2.05 bits per heavy atom. The van der Waals surface area contributed by atoms with E-state index in [1.165, 1.54) is 14.0 Å². The average molecular weight is 553 g/mol. The van der Waals surface area contributed by atoms with Crippen LogP contribution in [0.3, 0.4) is 0 Å². The summed E-state index contributed by atoms with van der Waals surface area (Å²) in [6.07, 6.45) is -1.24. The van der Waals surface area contributed by atoms with Crippen molar-refractivity contribution in [2.45, 2.75) is 57.7 Å². The summed E-state index contributed by atoms with van der Waals surface area (Å²) in [5.74, 6) is -3.02. The Labute approximate surface area is 233 Å². The quantitative estimate of drug-likeness (QED) is 0.381. The number of hydrogen-bond acceptors (Lipinski definition) is 7. The van der Waals surface area contributed by atoms with Gasteiger partial charge in [-0.25, -0.2) is 9.59 Å². The average Bonchev–Trinajstić information content (AvgIpc) is 3.21. The Kier molecular flexibility index (Phi) is 9.51. The van der Waals surface area contributed by atoms with E-state index in [4.69, 9.17) is 15.2 Å². The van der Waals surface area contributed by atoms with Crippen LogP contribution in [0.15, 0.2) is 48.5 Å². The third-order valence-electron chi connectivity index (χ3n) is 6.49. The number of likely N-dealkylation sites (N-methyl/N-ethyl adjacent to an activating group) is 1. The second kappa shape index (κ2) is 12.6. The highest BCUT2D eigenvalue weighted by atomic mass is 16.6. The van der Waals surface area contributed by atoms with Crippen molar-refractivity contribution < 1.29 is 33.4 Å². The third-order valence-corrected chi connectivity index (χ3v) is 6.49. The maximum atomic E-state index is 12.8. The molecule has 0 spiro atoms. The molecule has 2 atom stereocenters. The zero-order valence-corrected chi connectivity index (χ0v) is 23.4. The van der Waals surface area contributed by atoms with Crippen molar-refractivity contribution >= 4 is 29.8 Å². The number of nitrogens with zero attached hydrogens (tertiary/aromatic N) is 1. The summed E-state index contributed by atoms with van der Waals surface area (Å²) in [6.45, 7) is 6.05. The predicted molar refractivity (Wildman–Crippen MR) is 147 cm³/mol. The normalized spacial score (nSPS) is 13.7. The van der Waals surface area contributed by atoms with Gasteiger partial charge in [0.2, 0.25) is 17.7 Å². The van der Waals surface area contributed by atoms with Gasteiger partial charge in [-0.1, -0.05) is 48.5 Å². The summed E-state index contributed by atoms with van der Waals surface area (Å²) in [4.78, 5) is 62.8. The number of fused-ring (bicyclic) bond motifs is 3. The molecule has 40 heavy (non-hydrogen) atoms. The molecule has 11 heteroatoms. The molecule has 0 heterocycles. The molecule has 0 aliphatic heterocycles. The second-order valence-electron chi connectivity index (χ2n) is 10.6. The van der Waals surface area contributed by atoms with Gasteiger partial charge in [-0.3, -0.25) is 14.4 Å². The largest absolute Gasteiger partial charge is 0.458 e. The number of hydrogen-bond donors (Lipinski definition) is 3. The maximum absolute atomic E-state index is 12.8. The maximum Gasteiger partial charge on any atom is 0.407 e. The number of alkyl carbamates (subject to hydrolysis) is 1. The fourth-order valence-electron chi connectivity index (χ4n) is 4.37. The molecule has 0 bridgehead atoms. The Morgan fingerprint density at radius 2 is 1.52 bits per heavy atom. The van der Waals surface area contributed by atoms with Crippen molar-refractivity contribution in [3.8, 4) is 11.1 Å². The summed E-state index contributed by atoms with van der Waals surface area (Å²) >= 11 is 0. The number of carbonyl (C=O) groups excluding carboxylic acids is 5. The molecule has 11 nitrogen and oxygen atoms in total. The molecule has 1 aliphatic carbocycles. The van der Waals surface area contributed by atoms with Crippen LogP contribution in [0.2, 0.25) is 0 Å². The fraction of sp³-hybridized carbons (Fsp3) is 0.414. The molecule has 0 saturated heterocycles. The van der Waals surface area contributed by atoms with Gasteiger partial charge in [0.25, 0.3) is 0 Å². The van der Waals surface area contributed by atoms with Crippen molar-refractivity contribution in [1.29, 1.82) is 0 Å². The first-order valence-corrected chi connectivity index (χ1v) is 12.9. The SMILES string of the molecule is C[C@@H](C(=O)N[C@@H](CC(N)=O)C(=O)OC(C)(C)C)N(C)C(=O)CNC(=O)OCC1c2ccccc2-c2ccccc21. The molecule has 2 aromatic rings. The topological polar surface area (TPSA) is 157 Å². The van der Waals surface area contributed by atoms with E-state index in [2.05, 4.69) is 10.6 Å². The molecular formula is C29H36N4O7. The lowest BCUT2D eigenvalue weighted by atomic mass is 9.98. The Hall–Kier alpha value is -4.41. The van der Waals surface area contributed by atoms with E-state index in [0.717, 1.165) is 27.2 Å². The van der Waals surface area contributed by atoms with Gasteiger partial charge in [-0.05, 0) is 49.9 Å². The van der Waals surface area contributed by atoms with Gasteiger partial charge in [-0.2, -0.15) is 0 Å². The molecule has 3 rings (SSSR count). The first-order valence-electron chi connectivity index (χ1n) is 12.9. The second-order valence-corrected chi connectivity index (χ2v) is 10.6. The van der Waals surface area contributed by atoms with Gasteiger partial charge in [0.05, 0.1) is 6.42 Å². The van der Waals surface area contributed by atoms with Crippen LogP contribution in [0.5, 0.6) is 0 Å². The van der Waals surface area contributed by atoms with E-state index < -0.39 is 60.4 Å². The number of nitrogens with one attached hydrogen (secondary N) is 2. The smallest absolute Gasteiger partial charge is 0.407 e. The highest BCUT2D eigenvalue weighted by molar-refractivity contribution is 5.93. The lowest BCUT2D eigenvalue weighted by molar-refractivity contribution is -0.159. The zero-order valence-electron chi connectivity index (χ0n) is 23.4. The molecule has 0 radical (unpaired) electrons. The fourth-order valence-corrected chi connectivity index (χ4v) is 4.37. The number of nitrogens with two attached hydrogens (primary N) is 1. The standard InChI is InChI=1S/C29H36N4O7/c1-17(26(36)32-23(14-24(30)34)27(37)40-29(2,3)4)33(5)25(35)15-31-28(38)39-16-22-20-12-8-6-10-18(20)19-11-7-9-13-21(19)22/h6-13,17,22-23H,14-16H2,1-5H3,(H2,30,34)(H,31,38)(H,32,36)/t17-,23-/m0/s1. The number of amides is 4. The van der Waals surface area contributed by atoms with E-state index in [1.807, 2.05) is 48.5 Å². The van der Waals surface area contributed by atoms with Crippen LogP contribution in [0.4, 0.5) is 4.79 Å². The van der Waals surface area contributed by atoms with Crippen LogP contribution in [0, 0.1) is 0 Å². The molecule has 214 valence electrons. The lowest BCUT2D eigenvalue weighted by Gasteiger charge is -2.27. The van der Waals surface area contributed by atoms with E-state index in [-0.39, 0.29) is 12.5 Å². The molecule has 0 unspecified atom stereocenters. The van der Waals surface area contributed by atoms with Crippen LogP contribution < -0.4 is 16.4 Å². The monoisotopic (exact) mass is 552 g/mol. The minimum absolute atomic E-state index is 0.0919. The lowest BCUT2D eigenvalue weighted by Crippen LogP contribution is -2.53. The first kappa shape index (κ1) is 30.1. The van der Waals surface area contributed by atoms with E-state index in [0.29, 0.717) is 0 Å². The van der Waals surface area contributed by atoms with Crippen LogP contribution in [-0.4, -0.2) is 72.6 Å². The van der Waals surface area contributed by atoms with Crippen molar-refractivity contribution in [3.63, 3.8) is 0 Å². The zero-order chi connectivity index (χ0) is 29.6. The van der Waals surface area contributed by atoms with Gasteiger partial charge in [0.1, 0.15) is 30.8 Å². The molecule has 2 aromatic carbocycles. The molecule has 0 fully saturated rings. The number of esters is 1. The Bertz CT molecular complexity index is 1240. The van der Waals surface area contributed by atoms with Gasteiger partial charge >= 0.3 is 12.1 Å². The number of benzene rings is 2. The summed E-state index contributed by atoms with van der Waals surface area (Å²) < 4.78 is 10.7. The highest BCUT2D eigenvalue weighted by Gasteiger charge is 2.32. The number of rotatable bonds is 10. The molecule has 0 aromatic heterocycles. The minimum Gasteiger partial charge on any atom is -0.458 e. The summed E-state index contributed by atoms with van der Waals surface area (Å²) in [5.41, 5.74) is 8.70. The summed E-state index contributed by atoms with van der Waals surface area (Å²) in [7, 11) is 1.38. The van der Waals surface area contributed by atoms with Gasteiger partial charge in [-0.15, -0.1) is 0 Å². The summed E-state index contributed by atoms with van der Waals surface area (Å²) in [5, 5.41) is 4.84. The number of primary amides is 1. The molecule has 0 saturated carbocycles. The highest BCUT2D eigenvalue weighted by Crippen LogP contribution is 2.44. The van der Waals surface area contributed by atoms with Crippen molar-refractivity contribution in [2.75, 3.05) is 20.2 Å². The number of carbonyl (C=O) groups is 5. The van der Waals surface area contributed by atoms with Crippen LogP contribution >= 0.6 is 0 Å². The van der Waals surface area contributed by atoms with Crippen LogP contribution in [0.25, 0.3) is 11.1 Å². The van der Waals surface area contributed by atoms with E-state index >= 15 is 0 Å². The van der Waals surface area contributed by atoms with Crippen molar-refractivity contribution in [3.05, 3.63) is 59.7 Å². The molecule has 4 amide bonds. The third kappa shape index (κ3) is 7.58. The van der Waals surface area contributed by atoms with E-state index in [1.54, 1.807) is 20.8 Å². The van der Waals surface area contributed by atoms with Crippen LogP contribution in [-0.2, 0) is 28.7 Å². The molecular weight excluding hydrogens is 516 g/mol. The summed E-state index contributed by atoms with van der Waals surface area (Å²) in [6, 6.07) is 13.5. The van der Waals surface area contributed by atoms with E-state index in [9.17, 15) is 24.0 Å². The first-order chi connectivity index (χ1) is 18.8. The van der Waals surface area contributed by atoms with Crippen molar-refractivity contribution in [1.82, 2.24) is 15.5 Å². The predicted octanol–water partition coefficient (Wildman–Crippen LogP) is 2.07. The minimum atomic E-state index is -1.31. The van der Waals surface area contributed by atoms with Gasteiger partial charge < -0.3 is 30.7 Å². The Morgan fingerprint density at radius 1 is 0.975 bits per heavy atom.